The fourth-order valence-corrected chi connectivity index (χ4v) is 5.17. The lowest BCUT2D eigenvalue weighted by molar-refractivity contribution is -0.123. The Morgan fingerprint density at radius 2 is 1.56 bits per heavy atom. The van der Waals surface area contributed by atoms with Gasteiger partial charge in [-0.25, -0.2) is 0 Å². The van der Waals surface area contributed by atoms with Crippen LogP contribution in [0.15, 0.2) is 0 Å². The summed E-state index contributed by atoms with van der Waals surface area (Å²) in [6, 6.07) is 0.387. The molecular formula is C14H23NO. The van der Waals surface area contributed by atoms with Crippen LogP contribution in [0.2, 0.25) is 0 Å². The third-order valence-corrected chi connectivity index (χ3v) is 5.42. The number of hydrogen-bond donors (Lipinski definition) is 1. The second-order valence-electron chi connectivity index (χ2n) is 6.70. The standard InChI is InChI=1S/C14H23NO/c1-9(15-10(2)16)14-6-11-3-12(7-14)5-13(4-11)8-14/h9,11-13H,3-8H2,1-2H3,(H,15,16)/t9-,11?,12?,13?,14?/m1/s1. The van der Waals surface area contributed by atoms with E-state index in [2.05, 4.69) is 12.2 Å². The van der Waals surface area contributed by atoms with E-state index in [0.717, 1.165) is 17.8 Å². The lowest BCUT2D eigenvalue weighted by Crippen LogP contribution is -2.55. The van der Waals surface area contributed by atoms with Crippen molar-refractivity contribution >= 4 is 5.91 Å². The maximum Gasteiger partial charge on any atom is 0.217 e. The fourth-order valence-electron chi connectivity index (χ4n) is 5.17. The molecule has 1 N–H and O–H groups in total. The van der Waals surface area contributed by atoms with Gasteiger partial charge < -0.3 is 5.32 Å². The molecule has 0 spiro atoms. The van der Waals surface area contributed by atoms with Crippen LogP contribution in [0.25, 0.3) is 0 Å². The molecule has 0 aromatic carbocycles. The first-order valence-electron chi connectivity index (χ1n) is 6.84. The highest BCUT2D eigenvalue weighted by Crippen LogP contribution is 2.61. The first-order valence-corrected chi connectivity index (χ1v) is 6.84. The van der Waals surface area contributed by atoms with E-state index in [-0.39, 0.29) is 5.91 Å². The molecule has 0 radical (unpaired) electrons. The minimum atomic E-state index is 0.142. The molecule has 4 rings (SSSR count). The Labute approximate surface area is 98.2 Å². The number of hydrogen-bond acceptors (Lipinski definition) is 1. The Balaban J connectivity index is 1.80. The van der Waals surface area contributed by atoms with Crippen molar-refractivity contribution in [2.45, 2.75) is 58.4 Å². The quantitative estimate of drug-likeness (QED) is 0.763. The summed E-state index contributed by atoms with van der Waals surface area (Å²) in [6.07, 6.45) is 8.56. The van der Waals surface area contributed by atoms with Gasteiger partial charge in [0.2, 0.25) is 5.91 Å². The molecule has 2 heteroatoms. The molecule has 4 saturated carbocycles. The zero-order chi connectivity index (χ0) is 11.3. The Bertz CT molecular complexity index is 275. The van der Waals surface area contributed by atoms with Crippen LogP contribution in [-0.2, 0) is 4.79 Å². The van der Waals surface area contributed by atoms with Crippen molar-refractivity contribution in [1.29, 1.82) is 0 Å². The molecule has 16 heavy (non-hydrogen) atoms. The molecule has 0 saturated heterocycles. The first kappa shape index (κ1) is 10.6. The zero-order valence-corrected chi connectivity index (χ0v) is 10.5. The van der Waals surface area contributed by atoms with Gasteiger partial charge in [-0.2, -0.15) is 0 Å². The van der Waals surface area contributed by atoms with Gasteiger partial charge in [0.05, 0.1) is 0 Å². The van der Waals surface area contributed by atoms with Crippen molar-refractivity contribution in [3.05, 3.63) is 0 Å². The summed E-state index contributed by atoms with van der Waals surface area (Å²) < 4.78 is 0. The smallest absolute Gasteiger partial charge is 0.217 e. The number of carbonyl (C=O) groups is 1. The van der Waals surface area contributed by atoms with Crippen LogP contribution in [0.3, 0.4) is 0 Å². The maximum atomic E-state index is 11.2. The third kappa shape index (κ3) is 1.57. The van der Waals surface area contributed by atoms with Gasteiger partial charge in [-0.3, -0.25) is 4.79 Å². The lowest BCUT2D eigenvalue weighted by atomic mass is 9.48. The molecular weight excluding hydrogens is 198 g/mol. The van der Waals surface area contributed by atoms with E-state index in [4.69, 9.17) is 0 Å². The summed E-state index contributed by atoms with van der Waals surface area (Å²) in [7, 11) is 0. The van der Waals surface area contributed by atoms with Gasteiger partial charge in [-0.15, -0.1) is 0 Å². The summed E-state index contributed by atoms with van der Waals surface area (Å²) >= 11 is 0. The van der Waals surface area contributed by atoms with Crippen LogP contribution in [0.5, 0.6) is 0 Å². The summed E-state index contributed by atoms with van der Waals surface area (Å²) in [5.74, 6) is 3.07. The lowest BCUT2D eigenvalue weighted by Gasteiger charge is -2.59. The van der Waals surface area contributed by atoms with Crippen LogP contribution >= 0.6 is 0 Å². The summed E-state index contributed by atoms with van der Waals surface area (Å²) in [6.45, 7) is 3.88. The van der Waals surface area contributed by atoms with Gasteiger partial charge in [-0.1, -0.05) is 0 Å². The average molecular weight is 221 g/mol. The van der Waals surface area contributed by atoms with Gasteiger partial charge in [0.15, 0.2) is 0 Å². The molecule has 90 valence electrons. The van der Waals surface area contributed by atoms with Crippen LogP contribution in [0.1, 0.15) is 52.4 Å². The normalized spacial score (nSPS) is 46.8. The van der Waals surface area contributed by atoms with Crippen molar-refractivity contribution in [1.82, 2.24) is 5.32 Å². The summed E-state index contributed by atoms with van der Waals surface area (Å²) in [5, 5.41) is 3.16. The highest BCUT2D eigenvalue weighted by Gasteiger charge is 2.53. The van der Waals surface area contributed by atoms with Gasteiger partial charge in [0.1, 0.15) is 0 Å². The molecule has 1 amide bonds. The fraction of sp³-hybridized carbons (Fsp3) is 0.929. The van der Waals surface area contributed by atoms with Crippen molar-refractivity contribution in [3.8, 4) is 0 Å². The van der Waals surface area contributed by atoms with Gasteiger partial charge in [0.25, 0.3) is 0 Å². The molecule has 0 aromatic heterocycles. The highest BCUT2D eigenvalue weighted by atomic mass is 16.1. The van der Waals surface area contributed by atoms with E-state index in [0.29, 0.717) is 11.5 Å². The molecule has 0 heterocycles. The predicted octanol–water partition coefficient (Wildman–Crippen LogP) is 2.73. The monoisotopic (exact) mass is 221 g/mol. The number of carbonyl (C=O) groups excluding carboxylic acids is 1. The Hall–Kier alpha value is -0.530. The van der Waals surface area contributed by atoms with Crippen molar-refractivity contribution in [2.75, 3.05) is 0 Å². The largest absolute Gasteiger partial charge is 0.353 e. The second-order valence-corrected chi connectivity index (χ2v) is 6.70. The Morgan fingerprint density at radius 3 is 1.94 bits per heavy atom. The molecule has 2 nitrogen and oxygen atoms in total. The molecule has 0 unspecified atom stereocenters. The number of amides is 1. The molecule has 4 aliphatic rings. The minimum absolute atomic E-state index is 0.142. The second kappa shape index (κ2) is 3.48. The number of rotatable bonds is 2. The van der Waals surface area contributed by atoms with E-state index in [9.17, 15) is 4.79 Å². The van der Waals surface area contributed by atoms with Gasteiger partial charge >= 0.3 is 0 Å². The van der Waals surface area contributed by atoms with Crippen molar-refractivity contribution in [3.63, 3.8) is 0 Å². The van der Waals surface area contributed by atoms with Crippen LogP contribution < -0.4 is 5.32 Å². The van der Waals surface area contributed by atoms with Crippen molar-refractivity contribution in [2.24, 2.45) is 23.2 Å². The van der Waals surface area contributed by atoms with E-state index in [1.165, 1.54) is 38.5 Å². The molecule has 1 atom stereocenters. The molecule has 0 aromatic rings. The molecule has 0 aliphatic heterocycles. The Kier molecular flexibility index (Phi) is 2.31. The minimum Gasteiger partial charge on any atom is -0.353 e. The van der Waals surface area contributed by atoms with Crippen LogP contribution in [0.4, 0.5) is 0 Å². The Morgan fingerprint density at radius 1 is 1.12 bits per heavy atom. The van der Waals surface area contributed by atoms with E-state index >= 15 is 0 Å². The highest BCUT2D eigenvalue weighted by molar-refractivity contribution is 5.73. The van der Waals surface area contributed by atoms with Gasteiger partial charge in [0, 0.05) is 13.0 Å². The van der Waals surface area contributed by atoms with Crippen LogP contribution in [0, 0.1) is 23.2 Å². The number of nitrogens with one attached hydrogen (secondary N) is 1. The summed E-state index contributed by atoms with van der Waals surface area (Å²) in [5.41, 5.74) is 0.459. The van der Waals surface area contributed by atoms with E-state index in [1.54, 1.807) is 6.92 Å². The predicted molar refractivity (Wildman–Crippen MR) is 63.9 cm³/mol. The zero-order valence-electron chi connectivity index (χ0n) is 10.5. The van der Waals surface area contributed by atoms with Crippen molar-refractivity contribution < 1.29 is 4.79 Å². The summed E-state index contributed by atoms with van der Waals surface area (Å²) in [4.78, 5) is 11.2. The van der Waals surface area contributed by atoms with E-state index in [1.807, 2.05) is 0 Å². The first-order chi connectivity index (χ1) is 7.57. The SMILES string of the molecule is CC(=O)N[C@H](C)C12CC3CC(CC(C3)C1)C2. The topological polar surface area (TPSA) is 29.1 Å². The molecule has 4 aliphatic carbocycles. The molecule has 4 fully saturated rings. The van der Waals surface area contributed by atoms with Gasteiger partial charge in [-0.05, 0) is 68.6 Å². The third-order valence-electron chi connectivity index (χ3n) is 5.42. The van der Waals surface area contributed by atoms with Crippen LogP contribution in [-0.4, -0.2) is 11.9 Å². The average Bonchev–Trinajstić information content (AvgIpc) is 2.13. The maximum absolute atomic E-state index is 11.2. The molecule has 4 bridgehead atoms. The van der Waals surface area contributed by atoms with E-state index < -0.39 is 0 Å².